The normalized spacial score (nSPS) is 14.8. The van der Waals surface area contributed by atoms with Gasteiger partial charge in [-0.3, -0.25) is 0 Å². The largest absolute Gasteiger partial charge is 0.479 e. The number of carbonyl (C=O) groups is 1. The Morgan fingerprint density at radius 2 is 2.06 bits per heavy atom. The van der Waals surface area contributed by atoms with Gasteiger partial charge in [-0.1, -0.05) is 18.2 Å². The molecule has 4 nitrogen and oxygen atoms in total. The van der Waals surface area contributed by atoms with Crippen molar-refractivity contribution >= 4 is 16.9 Å². The molecule has 0 saturated heterocycles. The molecule has 0 amide bonds. The second kappa shape index (κ2) is 3.89. The molecule has 0 fully saturated rings. The second-order valence-corrected chi connectivity index (χ2v) is 4.40. The molecule has 2 rings (SSSR count). The average Bonchev–Trinajstić information content (AvgIpc) is 2.56. The van der Waals surface area contributed by atoms with Crippen LogP contribution in [0.5, 0.6) is 0 Å². The van der Waals surface area contributed by atoms with E-state index in [0.29, 0.717) is 11.3 Å². The minimum Gasteiger partial charge on any atom is -0.479 e. The topological polar surface area (TPSA) is 70.7 Å². The van der Waals surface area contributed by atoms with Crippen molar-refractivity contribution in [3.8, 4) is 0 Å². The first-order valence-corrected chi connectivity index (χ1v) is 5.34. The van der Waals surface area contributed by atoms with Crippen LogP contribution in [0.15, 0.2) is 28.7 Å². The second-order valence-electron chi connectivity index (χ2n) is 4.40. The smallest absolute Gasteiger partial charge is 0.335 e. The van der Waals surface area contributed by atoms with Crippen LogP contribution in [-0.2, 0) is 11.2 Å². The summed E-state index contributed by atoms with van der Waals surface area (Å²) >= 11 is 0. The first-order chi connectivity index (χ1) is 7.92. The lowest BCUT2D eigenvalue weighted by atomic mass is 9.99. The van der Waals surface area contributed by atoms with E-state index < -0.39 is 11.6 Å². The minimum absolute atomic E-state index is 0.0388. The van der Waals surface area contributed by atoms with Gasteiger partial charge < -0.3 is 14.6 Å². The number of benzene rings is 1. The Morgan fingerprint density at radius 3 is 2.65 bits per heavy atom. The quantitative estimate of drug-likeness (QED) is 0.853. The molecule has 1 atom stereocenters. The van der Waals surface area contributed by atoms with Crippen LogP contribution in [-0.4, -0.2) is 21.8 Å². The maximum absolute atomic E-state index is 10.9. The number of rotatable bonds is 3. The Kier molecular flexibility index (Phi) is 2.67. The van der Waals surface area contributed by atoms with E-state index in [0.717, 1.165) is 10.9 Å². The maximum Gasteiger partial charge on any atom is 0.335 e. The van der Waals surface area contributed by atoms with E-state index in [9.17, 15) is 9.90 Å². The van der Waals surface area contributed by atoms with E-state index >= 15 is 0 Å². The number of aliphatic carboxylic acids is 1. The zero-order valence-electron chi connectivity index (χ0n) is 9.73. The van der Waals surface area contributed by atoms with Crippen LogP contribution in [0.25, 0.3) is 11.0 Å². The molecule has 4 heteroatoms. The number of furan rings is 1. The summed E-state index contributed by atoms with van der Waals surface area (Å²) in [5.74, 6) is -0.740. The SMILES string of the molecule is Cc1c(CC(C)(O)C(=O)O)oc2ccccc12. The molecule has 1 aromatic carbocycles. The fourth-order valence-electron chi connectivity index (χ4n) is 1.78. The van der Waals surface area contributed by atoms with Crippen molar-refractivity contribution in [3.63, 3.8) is 0 Å². The van der Waals surface area contributed by atoms with Crippen molar-refractivity contribution in [1.82, 2.24) is 0 Å². The van der Waals surface area contributed by atoms with Crippen molar-refractivity contribution in [2.24, 2.45) is 0 Å². The van der Waals surface area contributed by atoms with Gasteiger partial charge in [-0.15, -0.1) is 0 Å². The number of aryl methyl sites for hydroxylation is 1. The molecule has 17 heavy (non-hydrogen) atoms. The fourth-order valence-corrected chi connectivity index (χ4v) is 1.78. The van der Waals surface area contributed by atoms with E-state index in [2.05, 4.69) is 0 Å². The van der Waals surface area contributed by atoms with Crippen LogP contribution >= 0.6 is 0 Å². The molecular formula is C13H14O4. The molecule has 0 radical (unpaired) electrons. The number of hydrogen-bond acceptors (Lipinski definition) is 3. The number of fused-ring (bicyclic) bond motifs is 1. The van der Waals surface area contributed by atoms with E-state index in [1.165, 1.54) is 6.92 Å². The third kappa shape index (κ3) is 2.03. The molecule has 0 aliphatic heterocycles. The first kappa shape index (κ1) is 11.7. The van der Waals surface area contributed by atoms with Gasteiger partial charge in [-0.05, 0) is 25.5 Å². The summed E-state index contributed by atoms with van der Waals surface area (Å²) in [5, 5.41) is 19.6. The number of hydrogen-bond donors (Lipinski definition) is 2. The predicted octanol–water partition coefficient (Wildman–Crippen LogP) is 2.12. The van der Waals surface area contributed by atoms with E-state index in [4.69, 9.17) is 9.52 Å². The molecule has 1 heterocycles. The van der Waals surface area contributed by atoms with Gasteiger partial charge in [0.1, 0.15) is 11.3 Å². The summed E-state index contributed by atoms with van der Waals surface area (Å²) in [7, 11) is 0. The van der Waals surface area contributed by atoms with Crippen LogP contribution in [0.3, 0.4) is 0 Å². The van der Waals surface area contributed by atoms with Crippen molar-refractivity contribution in [2.45, 2.75) is 25.9 Å². The Labute approximate surface area is 98.5 Å². The zero-order valence-corrected chi connectivity index (χ0v) is 9.73. The molecule has 0 spiro atoms. The van der Waals surface area contributed by atoms with Crippen LogP contribution in [0.4, 0.5) is 0 Å². The summed E-state index contributed by atoms with van der Waals surface area (Å²) in [6.07, 6.45) is -0.0388. The molecule has 90 valence electrons. The number of carboxylic acids is 1. The molecule has 0 aliphatic rings. The summed E-state index contributed by atoms with van der Waals surface area (Å²) in [5.41, 5.74) is -0.221. The maximum atomic E-state index is 10.9. The molecular weight excluding hydrogens is 220 g/mol. The van der Waals surface area contributed by atoms with Crippen LogP contribution in [0.1, 0.15) is 18.2 Å². The molecule has 0 saturated carbocycles. The third-order valence-corrected chi connectivity index (χ3v) is 2.91. The lowest BCUT2D eigenvalue weighted by molar-refractivity contribution is -0.156. The predicted molar refractivity (Wildman–Crippen MR) is 62.9 cm³/mol. The van der Waals surface area contributed by atoms with Crippen LogP contribution < -0.4 is 0 Å². The zero-order chi connectivity index (χ0) is 12.6. The first-order valence-electron chi connectivity index (χ1n) is 5.34. The highest BCUT2D eigenvalue weighted by molar-refractivity contribution is 5.82. The average molecular weight is 234 g/mol. The highest BCUT2D eigenvalue weighted by Gasteiger charge is 2.32. The van der Waals surface area contributed by atoms with E-state index in [1.54, 1.807) is 0 Å². The lowest BCUT2D eigenvalue weighted by Gasteiger charge is -2.16. The number of para-hydroxylation sites is 1. The standard InChI is InChI=1S/C13H14O4/c1-8-9-5-3-4-6-10(9)17-11(8)7-13(2,16)12(14)15/h3-6,16H,7H2,1-2H3,(H,14,15). The van der Waals surface area contributed by atoms with Gasteiger partial charge >= 0.3 is 5.97 Å². The number of carboxylic acid groups (broad SMARTS) is 1. The monoisotopic (exact) mass is 234 g/mol. The Balaban J connectivity index is 2.43. The molecule has 1 aromatic heterocycles. The van der Waals surface area contributed by atoms with Gasteiger partial charge in [0.05, 0.1) is 0 Å². The van der Waals surface area contributed by atoms with Crippen LogP contribution in [0.2, 0.25) is 0 Å². The minimum atomic E-state index is -1.81. The molecule has 0 aliphatic carbocycles. The molecule has 2 aromatic rings. The summed E-state index contributed by atoms with van der Waals surface area (Å²) in [6, 6.07) is 7.48. The molecule has 0 bridgehead atoms. The van der Waals surface area contributed by atoms with E-state index in [-0.39, 0.29) is 6.42 Å². The van der Waals surface area contributed by atoms with Crippen molar-refractivity contribution in [3.05, 3.63) is 35.6 Å². The highest BCUT2D eigenvalue weighted by atomic mass is 16.4. The summed E-state index contributed by atoms with van der Waals surface area (Å²) in [6.45, 7) is 3.13. The lowest BCUT2D eigenvalue weighted by Crippen LogP contribution is -2.37. The Morgan fingerprint density at radius 1 is 1.41 bits per heavy atom. The highest BCUT2D eigenvalue weighted by Crippen LogP contribution is 2.27. The van der Waals surface area contributed by atoms with Crippen molar-refractivity contribution in [2.75, 3.05) is 0 Å². The molecule has 2 N–H and O–H groups in total. The third-order valence-electron chi connectivity index (χ3n) is 2.91. The summed E-state index contributed by atoms with van der Waals surface area (Å²) < 4.78 is 5.56. The number of aliphatic hydroxyl groups is 1. The van der Waals surface area contributed by atoms with Gasteiger partial charge in [-0.25, -0.2) is 4.79 Å². The van der Waals surface area contributed by atoms with Gasteiger partial charge in [-0.2, -0.15) is 0 Å². The van der Waals surface area contributed by atoms with Gasteiger partial charge in [0.25, 0.3) is 0 Å². The van der Waals surface area contributed by atoms with Gasteiger partial charge in [0.2, 0.25) is 0 Å². The Bertz CT molecular complexity index is 566. The van der Waals surface area contributed by atoms with Crippen molar-refractivity contribution < 1.29 is 19.4 Å². The van der Waals surface area contributed by atoms with Gasteiger partial charge in [0, 0.05) is 11.8 Å². The van der Waals surface area contributed by atoms with Crippen LogP contribution in [0, 0.1) is 6.92 Å². The summed E-state index contributed by atoms with van der Waals surface area (Å²) in [4.78, 5) is 10.9. The van der Waals surface area contributed by atoms with E-state index in [1.807, 2.05) is 31.2 Å². The molecule has 1 unspecified atom stereocenters. The fraction of sp³-hybridized carbons (Fsp3) is 0.308. The van der Waals surface area contributed by atoms with Crippen molar-refractivity contribution in [1.29, 1.82) is 0 Å². The Hall–Kier alpha value is -1.81. The van der Waals surface area contributed by atoms with Gasteiger partial charge in [0.15, 0.2) is 5.60 Å².